The molecule has 2 aromatic heterocycles. The zero-order chi connectivity index (χ0) is 17.2. The molecule has 2 aliphatic rings. The fourth-order valence-corrected chi connectivity index (χ4v) is 3.94. The second-order valence-corrected chi connectivity index (χ2v) is 7.34. The Bertz CT molecular complexity index is 739. The summed E-state index contributed by atoms with van der Waals surface area (Å²) in [7, 11) is 0. The number of anilines is 1. The van der Waals surface area contributed by atoms with E-state index >= 15 is 0 Å². The SMILES string of the molecule is O=C(Nc1cccs1)N1CCN(C(=O)c2cc3n(n2)CCCC3)CC1. The van der Waals surface area contributed by atoms with Gasteiger partial charge < -0.3 is 9.80 Å². The van der Waals surface area contributed by atoms with Gasteiger partial charge in [0.1, 0.15) is 0 Å². The van der Waals surface area contributed by atoms with Crippen molar-refractivity contribution in [1.82, 2.24) is 19.6 Å². The van der Waals surface area contributed by atoms with Gasteiger partial charge in [-0.1, -0.05) is 0 Å². The van der Waals surface area contributed by atoms with Gasteiger partial charge in [0.25, 0.3) is 5.91 Å². The van der Waals surface area contributed by atoms with Crippen molar-refractivity contribution in [2.24, 2.45) is 0 Å². The summed E-state index contributed by atoms with van der Waals surface area (Å²) in [5.41, 5.74) is 1.69. The second kappa shape index (κ2) is 6.87. The van der Waals surface area contributed by atoms with E-state index in [1.54, 1.807) is 9.80 Å². The lowest BCUT2D eigenvalue weighted by Crippen LogP contribution is -2.51. The number of nitrogens with zero attached hydrogens (tertiary/aromatic N) is 4. The van der Waals surface area contributed by atoms with E-state index < -0.39 is 0 Å². The van der Waals surface area contributed by atoms with Crippen molar-refractivity contribution >= 4 is 28.3 Å². The van der Waals surface area contributed by atoms with Gasteiger partial charge in [0, 0.05) is 38.4 Å². The van der Waals surface area contributed by atoms with E-state index in [0.717, 1.165) is 36.5 Å². The van der Waals surface area contributed by atoms with Gasteiger partial charge in [-0.15, -0.1) is 11.3 Å². The van der Waals surface area contributed by atoms with Gasteiger partial charge in [0.2, 0.25) is 0 Å². The van der Waals surface area contributed by atoms with E-state index in [0.29, 0.717) is 31.9 Å². The average molecular weight is 359 g/mol. The first-order valence-electron chi connectivity index (χ1n) is 8.66. The van der Waals surface area contributed by atoms with Crippen LogP contribution in [-0.4, -0.2) is 57.7 Å². The standard InChI is InChI=1S/C17H21N5O2S/c23-16(14-12-13-4-1-2-6-22(13)19-14)20-7-9-21(10-8-20)17(24)18-15-5-3-11-25-15/h3,5,11-12H,1-2,4,6-10H2,(H,18,24). The Kier molecular flexibility index (Phi) is 4.44. The van der Waals surface area contributed by atoms with Gasteiger partial charge in [0.15, 0.2) is 5.69 Å². The van der Waals surface area contributed by atoms with Crippen LogP contribution in [0.25, 0.3) is 0 Å². The Hall–Kier alpha value is -2.35. The van der Waals surface area contributed by atoms with Crippen molar-refractivity contribution < 1.29 is 9.59 Å². The van der Waals surface area contributed by atoms with Crippen molar-refractivity contribution in [2.75, 3.05) is 31.5 Å². The Labute approximate surface area is 150 Å². The van der Waals surface area contributed by atoms with E-state index in [4.69, 9.17) is 0 Å². The quantitative estimate of drug-likeness (QED) is 0.894. The Balaban J connectivity index is 1.34. The van der Waals surface area contributed by atoms with Gasteiger partial charge in [-0.25, -0.2) is 4.79 Å². The number of hydrogen-bond acceptors (Lipinski definition) is 4. The molecule has 0 aromatic carbocycles. The smallest absolute Gasteiger partial charge is 0.322 e. The average Bonchev–Trinajstić information content (AvgIpc) is 3.30. The third-order valence-corrected chi connectivity index (χ3v) is 5.53. The first-order chi connectivity index (χ1) is 12.2. The highest BCUT2D eigenvalue weighted by Crippen LogP contribution is 2.18. The Morgan fingerprint density at radius 1 is 1.08 bits per heavy atom. The third kappa shape index (κ3) is 3.39. The molecule has 1 N–H and O–H groups in total. The maximum Gasteiger partial charge on any atom is 0.322 e. The van der Waals surface area contributed by atoms with Crippen LogP contribution in [0.5, 0.6) is 0 Å². The molecule has 4 heterocycles. The molecule has 0 spiro atoms. The normalized spacial score (nSPS) is 17.3. The lowest BCUT2D eigenvalue weighted by molar-refractivity contribution is 0.0665. The van der Waals surface area contributed by atoms with Gasteiger partial charge in [-0.05, 0) is 42.8 Å². The van der Waals surface area contributed by atoms with Crippen LogP contribution in [-0.2, 0) is 13.0 Å². The largest absolute Gasteiger partial charge is 0.334 e. The topological polar surface area (TPSA) is 70.5 Å². The molecule has 0 unspecified atom stereocenters. The zero-order valence-electron chi connectivity index (χ0n) is 14.0. The summed E-state index contributed by atoms with van der Waals surface area (Å²) in [4.78, 5) is 28.5. The highest BCUT2D eigenvalue weighted by Gasteiger charge is 2.27. The summed E-state index contributed by atoms with van der Waals surface area (Å²) < 4.78 is 1.96. The number of aryl methyl sites for hydroxylation is 2. The van der Waals surface area contributed by atoms with Gasteiger partial charge in [-0.2, -0.15) is 5.10 Å². The Morgan fingerprint density at radius 3 is 2.60 bits per heavy atom. The maximum atomic E-state index is 12.7. The molecular formula is C17H21N5O2S. The summed E-state index contributed by atoms with van der Waals surface area (Å²) in [6.07, 6.45) is 3.29. The second-order valence-electron chi connectivity index (χ2n) is 6.39. The van der Waals surface area contributed by atoms with E-state index in [2.05, 4.69) is 10.4 Å². The molecular weight excluding hydrogens is 338 g/mol. The molecule has 4 rings (SSSR count). The molecule has 8 heteroatoms. The molecule has 0 aliphatic carbocycles. The summed E-state index contributed by atoms with van der Waals surface area (Å²) in [5, 5.41) is 10.1. The van der Waals surface area contributed by atoms with E-state index in [9.17, 15) is 9.59 Å². The summed E-state index contributed by atoms with van der Waals surface area (Å²) in [6.45, 7) is 3.06. The van der Waals surface area contributed by atoms with Crippen LogP contribution >= 0.6 is 11.3 Å². The van der Waals surface area contributed by atoms with Gasteiger partial charge in [0.05, 0.1) is 5.00 Å². The van der Waals surface area contributed by atoms with Crippen LogP contribution in [0.4, 0.5) is 9.80 Å². The summed E-state index contributed by atoms with van der Waals surface area (Å²) in [5.74, 6) is -0.0276. The molecule has 132 valence electrons. The molecule has 0 saturated carbocycles. The van der Waals surface area contributed by atoms with Crippen molar-refractivity contribution in [3.8, 4) is 0 Å². The number of fused-ring (bicyclic) bond motifs is 1. The minimum atomic E-state index is -0.105. The number of amides is 3. The van der Waals surface area contributed by atoms with Gasteiger partial charge in [-0.3, -0.25) is 14.8 Å². The number of aromatic nitrogens is 2. The number of carbonyl (C=O) groups is 2. The monoisotopic (exact) mass is 359 g/mol. The Morgan fingerprint density at radius 2 is 1.88 bits per heavy atom. The van der Waals surface area contributed by atoms with Crippen molar-refractivity contribution in [3.05, 3.63) is 35.0 Å². The van der Waals surface area contributed by atoms with Crippen molar-refractivity contribution in [1.29, 1.82) is 0 Å². The fourth-order valence-electron chi connectivity index (χ4n) is 3.33. The third-order valence-electron chi connectivity index (χ3n) is 4.74. The molecule has 1 saturated heterocycles. The molecule has 7 nitrogen and oxygen atoms in total. The van der Waals surface area contributed by atoms with Crippen LogP contribution in [0.1, 0.15) is 29.0 Å². The van der Waals surface area contributed by atoms with Crippen LogP contribution in [0.15, 0.2) is 23.6 Å². The highest BCUT2D eigenvalue weighted by molar-refractivity contribution is 7.14. The maximum absolute atomic E-state index is 12.7. The predicted molar refractivity (Wildman–Crippen MR) is 96.0 cm³/mol. The number of rotatable bonds is 2. The van der Waals surface area contributed by atoms with Crippen LogP contribution in [0.3, 0.4) is 0 Å². The minimum absolute atomic E-state index is 0.0276. The minimum Gasteiger partial charge on any atom is -0.334 e. The number of hydrogen-bond donors (Lipinski definition) is 1. The molecule has 0 bridgehead atoms. The van der Waals surface area contributed by atoms with Crippen LogP contribution in [0.2, 0.25) is 0 Å². The van der Waals surface area contributed by atoms with Crippen LogP contribution < -0.4 is 5.32 Å². The molecule has 1 fully saturated rings. The molecule has 3 amide bonds. The van der Waals surface area contributed by atoms with Crippen LogP contribution in [0, 0.1) is 0 Å². The lowest BCUT2D eigenvalue weighted by atomic mass is 10.1. The molecule has 25 heavy (non-hydrogen) atoms. The summed E-state index contributed by atoms with van der Waals surface area (Å²) >= 11 is 1.50. The summed E-state index contributed by atoms with van der Waals surface area (Å²) in [6, 6.07) is 5.61. The molecule has 0 atom stereocenters. The van der Waals surface area contributed by atoms with Gasteiger partial charge >= 0.3 is 6.03 Å². The first kappa shape index (κ1) is 16.1. The van der Waals surface area contributed by atoms with Crippen molar-refractivity contribution in [2.45, 2.75) is 25.8 Å². The van der Waals surface area contributed by atoms with Crippen molar-refractivity contribution in [3.63, 3.8) is 0 Å². The van der Waals surface area contributed by atoms with E-state index in [1.807, 2.05) is 28.3 Å². The number of thiophene rings is 1. The highest BCUT2D eigenvalue weighted by atomic mass is 32.1. The first-order valence-corrected chi connectivity index (χ1v) is 9.54. The number of urea groups is 1. The molecule has 0 radical (unpaired) electrons. The predicted octanol–water partition coefficient (Wildman–Crippen LogP) is 2.27. The molecule has 2 aromatic rings. The fraction of sp³-hybridized carbons (Fsp3) is 0.471. The number of carbonyl (C=O) groups excluding carboxylic acids is 2. The number of piperazine rings is 1. The van der Waals surface area contributed by atoms with E-state index in [1.165, 1.54) is 11.3 Å². The number of nitrogens with one attached hydrogen (secondary N) is 1. The zero-order valence-corrected chi connectivity index (χ0v) is 14.8. The van der Waals surface area contributed by atoms with E-state index in [-0.39, 0.29) is 11.9 Å². The lowest BCUT2D eigenvalue weighted by Gasteiger charge is -2.34. The molecule has 2 aliphatic heterocycles.